The Bertz CT molecular complexity index is 425. The van der Waals surface area contributed by atoms with E-state index in [1.165, 1.54) is 32.8 Å². The number of benzene rings is 1. The van der Waals surface area contributed by atoms with E-state index < -0.39 is 6.04 Å². The van der Waals surface area contributed by atoms with E-state index in [4.69, 9.17) is 16.3 Å². The van der Waals surface area contributed by atoms with Gasteiger partial charge in [0.25, 0.3) is 0 Å². The molecule has 4 heteroatoms. The van der Waals surface area contributed by atoms with E-state index in [-0.39, 0.29) is 5.97 Å². The number of halogens is 1. The Morgan fingerprint density at radius 1 is 1.20 bits per heavy atom. The van der Waals surface area contributed by atoms with Crippen LogP contribution < -0.4 is 5.32 Å². The van der Waals surface area contributed by atoms with E-state index in [0.29, 0.717) is 11.1 Å². The number of esters is 1. The zero-order valence-electron chi connectivity index (χ0n) is 11.9. The molecule has 20 heavy (non-hydrogen) atoms. The number of carbonyl (C=O) groups is 1. The van der Waals surface area contributed by atoms with Crippen molar-refractivity contribution in [2.24, 2.45) is 0 Å². The molecule has 0 heterocycles. The Kier molecular flexibility index (Phi) is 5.86. The summed E-state index contributed by atoms with van der Waals surface area (Å²) in [6, 6.07) is 7.36. The fourth-order valence-corrected chi connectivity index (χ4v) is 2.88. The molecule has 0 radical (unpaired) electrons. The summed E-state index contributed by atoms with van der Waals surface area (Å²) in [5, 5.41) is 4.14. The first kappa shape index (κ1) is 15.3. The molecule has 1 unspecified atom stereocenters. The van der Waals surface area contributed by atoms with Gasteiger partial charge in [-0.25, -0.2) is 4.79 Å². The van der Waals surface area contributed by atoms with Crippen LogP contribution in [0.3, 0.4) is 0 Å². The Labute approximate surface area is 125 Å². The highest BCUT2D eigenvalue weighted by Gasteiger charge is 2.25. The maximum Gasteiger partial charge on any atom is 0.327 e. The van der Waals surface area contributed by atoms with Gasteiger partial charge in [-0.05, 0) is 30.5 Å². The van der Waals surface area contributed by atoms with Crippen molar-refractivity contribution in [3.63, 3.8) is 0 Å². The van der Waals surface area contributed by atoms with Crippen LogP contribution in [0.4, 0.5) is 0 Å². The standard InChI is InChI=1S/C16H22ClNO2/c1-20-16(19)15(12-8-10-13(17)11-9-12)18-14-6-4-2-3-5-7-14/h8-11,14-15,18H,2-7H2,1H3. The fourth-order valence-electron chi connectivity index (χ4n) is 2.76. The predicted octanol–water partition coefficient (Wildman–Crippen LogP) is 3.87. The van der Waals surface area contributed by atoms with Gasteiger partial charge in [-0.3, -0.25) is 5.32 Å². The molecular formula is C16H22ClNO2. The predicted molar refractivity (Wildman–Crippen MR) is 80.8 cm³/mol. The third-order valence-corrected chi connectivity index (χ3v) is 4.15. The van der Waals surface area contributed by atoms with Crippen molar-refractivity contribution in [1.29, 1.82) is 0 Å². The van der Waals surface area contributed by atoms with Crippen LogP contribution in [0.5, 0.6) is 0 Å². The second-order valence-corrected chi connectivity index (χ2v) is 5.80. The van der Waals surface area contributed by atoms with Crippen LogP contribution in [-0.2, 0) is 9.53 Å². The van der Waals surface area contributed by atoms with Crippen LogP contribution >= 0.6 is 11.6 Å². The Balaban J connectivity index is 2.10. The largest absolute Gasteiger partial charge is 0.468 e. The number of nitrogens with one attached hydrogen (secondary N) is 1. The van der Waals surface area contributed by atoms with E-state index in [0.717, 1.165) is 18.4 Å². The lowest BCUT2D eigenvalue weighted by molar-refractivity contribution is -0.143. The molecule has 1 aliphatic rings. The molecule has 3 nitrogen and oxygen atoms in total. The SMILES string of the molecule is COC(=O)C(NC1CCCCCC1)c1ccc(Cl)cc1. The summed E-state index contributed by atoms with van der Waals surface area (Å²) in [5.74, 6) is -0.239. The Morgan fingerprint density at radius 3 is 2.35 bits per heavy atom. The molecule has 1 atom stereocenters. The lowest BCUT2D eigenvalue weighted by atomic mass is 10.0. The minimum absolute atomic E-state index is 0.239. The van der Waals surface area contributed by atoms with Gasteiger partial charge in [0.05, 0.1) is 7.11 Å². The summed E-state index contributed by atoms with van der Waals surface area (Å²) >= 11 is 5.91. The van der Waals surface area contributed by atoms with Crippen molar-refractivity contribution in [3.8, 4) is 0 Å². The van der Waals surface area contributed by atoms with Crippen molar-refractivity contribution in [3.05, 3.63) is 34.9 Å². The third-order valence-electron chi connectivity index (χ3n) is 3.90. The summed E-state index contributed by atoms with van der Waals surface area (Å²) in [4.78, 5) is 12.0. The molecule has 1 saturated carbocycles. The normalized spacial score (nSPS) is 18.3. The van der Waals surface area contributed by atoms with Crippen molar-refractivity contribution < 1.29 is 9.53 Å². The Morgan fingerprint density at radius 2 is 1.80 bits per heavy atom. The van der Waals surface area contributed by atoms with E-state index in [1.54, 1.807) is 0 Å². The summed E-state index contributed by atoms with van der Waals surface area (Å²) in [7, 11) is 1.43. The van der Waals surface area contributed by atoms with Gasteiger partial charge in [0.2, 0.25) is 0 Å². The number of methoxy groups -OCH3 is 1. The van der Waals surface area contributed by atoms with Crippen molar-refractivity contribution in [1.82, 2.24) is 5.32 Å². The first-order valence-electron chi connectivity index (χ1n) is 7.30. The molecule has 0 bridgehead atoms. The highest BCUT2D eigenvalue weighted by Crippen LogP contribution is 2.23. The Hall–Kier alpha value is -1.06. The summed E-state index contributed by atoms with van der Waals surface area (Å²) in [5.41, 5.74) is 0.908. The van der Waals surface area contributed by atoms with Crippen molar-refractivity contribution in [2.75, 3.05) is 7.11 Å². The van der Waals surface area contributed by atoms with Crippen molar-refractivity contribution in [2.45, 2.75) is 50.6 Å². The van der Waals surface area contributed by atoms with Crippen LogP contribution in [0.15, 0.2) is 24.3 Å². The van der Waals surface area contributed by atoms with Gasteiger partial charge in [-0.2, -0.15) is 0 Å². The number of carbonyl (C=O) groups excluding carboxylic acids is 1. The van der Waals surface area contributed by atoms with Gasteiger partial charge < -0.3 is 4.74 Å². The van der Waals surface area contributed by atoms with Gasteiger partial charge >= 0.3 is 5.97 Å². The van der Waals surface area contributed by atoms with E-state index in [1.807, 2.05) is 24.3 Å². The summed E-state index contributed by atoms with van der Waals surface area (Å²) < 4.78 is 4.94. The second-order valence-electron chi connectivity index (χ2n) is 5.36. The van der Waals surface area contributed by atoms with Crippen LogP contribution in [0, 0.1) is 0 Å². The van der Waals surface area contributed by atoms with Crippen molar-refractivity contribution >= 4 is 17.6 Å². The second kappa shape index (κ2) is 7.65. The van der Waals surface area contributed by atoms with Gasteiger partial charge in [0, 0.05) is 11.1 Å². The first-order chi connectivity index (χ1) is 9.70. The maximum atomic E-state index is 12.0. The molecule has 0 amide bonds. The molecule has 1 aromatic rings. The van der Waals surface area contributed by atoms with E-state index >= 15 is 0 Å². The number of ether oxygens (including phenoxy) is 1. The monoisotopic (exact) mass is 295 g/mol. The lowest BCUT2D eigenvalue weighted by Crippen LogP contribution is -2.37. The molecule has 1 aromatic carbocycles. The highest BCUT2D eigenvalue weighted by atomic mass is 35.5. The summed E-state index contributed by atoms with van der Waals surface area (Å²) in [6.45, 7) is 0. The van der Waals surface area contributed by atoms with E-state index in [2.05, 4.69) is 5.32 Å². The molecule has 110 valence electrons. The third kappa shape index (κ3) is 4.22. The van der Waals surface area contributed by atoms with Crippen LogP contribution in [0.25, 0.3) is 0 Å². The molecular weight excluding hydrogens is 274 g/mol. The number of rotatable bonds is 4. The number of hydrogen-bond acceptors (Lipinski definition) is 3. The molecule has 0 saturated heterocycles. The summed E-state index contributed by atoms with van der Waals surface area (Å²) in [6.07, 6.45) is 7.30. The molecule has 0 spiro atoms. The first-order valence-corrected chi connectivity index (χ1v) is 7.68. The van der Waals surface area contributed by atoms with E-state index in [9.17, 15) is 4.79 Å². The van der Waals surface area contributed by atoms with Crippen LogP contribution in [0.2, 0.25) is 5.02 Å². The molecule has 0 aliphatic heterocycles. The quantitative estimate of drug-likeness (QED) is 0.677. The molecule has 1 N–H and O–H groups in total. The molecule has 1 aliphatic carbocycles. The minimum Gasteiger partial charge on any atom is -0.468 e. The van der Waals surface area contributed by atoms with Crippen LogP contribution in [-0.4, -0.2) is 19.1 Å². The average molecular weight is 296 g/mol. The van der Waals surface area contributed by atoms with Gasteiger partial charge in [0.15, 0.2) is 0 Å². The highest BCUT2D eigenvalue weighted by molar-refractivity contribution is 6.30. The average Bonchev–Trinajstić information content (AvgIpc) is 2.74. The van der Waals surface area contributed by atoms with Gasteiger partial charge in [-0.15, -0.1) is 0 Å². The topological polar surface area (TPSA) is 38.3 Å². The van der Waals surface area contributed by atoms with Gasteiger partial charge in [0.1, 0.15) is 6.04 Å². The van der Waals surface area contributed by atoms with Gasteiger partial charge in [-0.1, -0.05) is 49.4 Å². The smallest absolute Gasteiger partial charge is 0.327 e. The molecule has 2 rings (SSSR count). The fraction of sp³-hybridized carbons (Fsp3) is 0.562. The molecule has 1 fully saturated rings. The zero-order chi connectivity index (χ0) is 14.4. The van der Waals surface area contributed by atoms with Crippen LogP contribution in [0.1, 0.15) is 50.1 Å². The minimum atomic E-state index is -0.402. The maximum absolute atomic E-state index is 12.0. The molecule has 0 aromatic heterocycles. The zero-order valence-corrected chi connectivity index (χ0v) is 12.7. The lowest BCUT2D eigenvalue weighted by Gasteiger charge is -2.23. The number of hydrogen-bond donors (Lipinski definition) is 1.